The number of imidazole rings is 1. The van der Waals surface area contributed by atoms with E-state index >= 15 is 0 Å². The van der Waals surface area contributed by atoms with E-state index in [2.05, 4.69) is 10.6 Å². The second-order valence-electron chi connectivity index (χ2n) is 6.86. The molecule has 1 heterocycles. The third-order valence-corrected chi connectivity index (χ3v) is 4.77. The van der Waals surface area contributed by atoms with Crippen molar-refractivity contribution < 1.29 is 18.3 Å². The number of amides is 2. The van der Waals surface area contributed by atoms with Crippen LogP contribution in [0.2, 0.25) is 0 Å². The molecular formula is C22H18F2N4O3. The van der Waals surface area contributed by atoms with E-state index in [1.54, 1.807) is 50.5 Å². The van der Waals surface area contributed by atoms with Crippen LogP contribution in [0.1, 0.15) is 0 Å². The molecule has 0 aliphatic heterocycles. The molecule has 2 N–H and O–H groups in total. The highest BCUT2D eigenvalue weighted by atomic mass is 19.1. The van der Waals surface area contributed by atoms with Gasteiger partial charge in [0, 0.05) is 26.2 Å². The molecule has 9 heteroatoms. The Morgan fingerprint density at radius 3 is 2.19 bits per heavy atom. The van der Waals surface area contributed by atoms with E-state index < -0.39 is 17.7 Å². The van der Waals surface area contributed by atoms with Gasteiger partial charge in [-0.05, 0) is 30.3 Å². The summed E-state index contributed by atoms with van der Waals surface area (Å²) in [4.78, 5) is 24.8. The van der Waals surface area contributed by atoms with Crippen molar-refractivity contribution in [1.29, 1.82) is 0 Å². The van der Waals surface area contributed by atoms with Crippen LogP contribution in [0.4, 0.5) is 25.0 Å². The average molecular weight is 424 g/mol. The molecular weight excluding hydrogens is 406 g/mol. The number of aromatic nitrogens is 2. The van der Waals surface area contributed by atoms with Gasteiger partial charge in [-0.2, -0.15) is 0 Å². The van der Waals surface area contributed by atoms with E-state index in [1.165, 1.54) is 9.13 Å². The predicted octanol–water partition coefficient (Wildman–Crippen LogP) is 4.59. The minimum atomic E-state index is -0.906. The van der Waals surface area contributed by atoms with Crippen LogP contribution in [0.5, 0.6) is 11.5 Å². The zero-order valence-electron chi connectivity index (χ0n) is 16.6. The number of nitrogens with zero attached hydrogens (tertiary/aromatic N) is 2. The van der Waals surface area contributed by atoms with Gasteiger partial charge in [0.1, 0.15) is 17.4 Å². The Kier molecular flexibility index (Phi) is 5.16. The molecule has 0 aliphatic carbocycles. The molecule has 3 aromatic carbocycles. The highest BCUT2D eigenvalue weighted by Crippen LogP contribution is 2.33. The highest BCUT2D eigenvalue weighted by molar-refractivity contribution is 6.02. The molecule has 0 aliphatic rings. The van der Waals surface area contributed by atoms with Gasteiger partial charge in [0.15, 0.2) is 5.75 Å². The lowest BCUT2D eigenvalue weighted by atomic mass is 10.2. The molecule has 0 atom stereocenters. The van der Waals surface area contributed by atoms with Crippen molar-refractivity contribution in [2.75, 3.05) is 10.6 Å². The minimum absolute atomic E-state index is 0.183. The first-order chi connectivity index (χ1) is 14.8. The van der Waals surface area contributed by atoms with Gasteiger partial charge in [0.05, 0.1) is 22.4 Å². The van der Waals surface area contributed by atoms with Crippen molar-refractivity contribution in [3.63, 3.8) is 0 Å². The summed E-state index contributed by atoms with van der Waals surface area (Å²) in [6.07, 6.45) is 0. The molecule has 2 amide bonds. The van der Waals surface area contributed by atoms with E-state index in [9.17, 15) is 18.4 Å². The molecule has 1 aromatic heterocycles. The van der Waals surface area contributed by atoms with Gasteiger partial charge in [-0.3, -0.25) is 9.13 Å². The van der Waals surface area contributed by atoms with E-state index in [1.807, 2.05) is 6.07 Å². The van der Waals surface area contributed by atoms with Gasteiger partial charge < -0.3 is 15.4 Å². The lowest BCUT2D eigenvalue weighted by molar-refractivity contribution is 0.262. The monoisotopic (exact) mass is 424 g/mol. The van der Waals surface area contributed by atoms with Crippen molar-refractivity contribution in [1.82, 2.24) is 9.13 Å². The number of aryl methyl sites for hydroxylation is 2. The minimum Gasteiger partial charge on any atom is -0.455 e. The molecule has 4 rings (SSSR count). The maximum Gasteiger partial charge on any atom is 0.328 e. The number of fused-ring (bicyclic) bond motifs is 1. The molecule has 4 aromatic rings. The van der Waals surface area contributed by atoms with Gasteiger partial charge in [0.25, 0.3) is 0 Å². The number of urea groups is 1. The summed E-state index contributed by atoms with van der Waals surface area (Å²) in [5.41, 5.74) is 1.01. The number of benzene rings is 3. The summed E-state index contributed by atoms with van der Waals surface area (Å²) in [5.74, 6) is -0.847. The quantitative estimate of drug-likeness (QED) is 0.503. The number of para-hydroxylation sites is 1. The Morgan fingerprint density at radius 2 is 1.52 bits per heavy atom. The Balaban J connectivity index is 1.72. The average Bonchev–Trinajstić information content (AvgIpc) is 2.95. The largest absolute Gasteiger partial charge is 0.455 e. The number of hydrogen-bond acceptors (Lipinski definition) is 3. The fraction of sp³-hybridized carbons (Fsp3) is 0.0909. The molecule has 0 radical (unpaired) electrons. The normalized spacial score (nSPS) is 10.8. The number of ether oxygens (including phenoxy) is 1. The first-order valence-electron chi connectivity index (χ1n) is 9.29. The number of halogens is 2. The van der Waals surface area contributed by atoms with Gasteiger partial charge in [-0.25, -0.2) is 18.4 Å². The van der Waals surface area contributed by atoms with Gasteiger partial charge >= 0.3 is 11.7 Å². The molecule has 0 fully saturated rings. The lowest BCUT2D eigenvalue weighted by Gasteiger charge is -2.14. The molecule has 158 valence electrons. The van der Waals surface area contributed by atoms with Crippen LogP contribution in [0.15, 0.2) is 65.5 Å². The fourth-order valence-corrected chi connectivity index (χ4v) is 3.19. The van der Waals surface area contributed by atoms with Gasteiger partial charge in [-0.1, -0.05) is 18.2 Å². The Labute approximate surface area is 175 Å². The maximum atomic E-state index is 13.9. The molecule has 0 spiro atoms. The number of carbonyl (C=O) groups excluding carboxylic acids is 1. The van der Waals surface area contributed by atoms with Crippen LogP contribution >= 0.6 is 0 Å². The summed E-state index contributed by atoms with van der Waals surface area (Å²) in [5, 5.41) is 4.94. The lowest BCUT2D eigenvalue weighted by Crippen LogP contribution is -2.20. The smallest absolute Gasteiger partial charge is 0.328 e. The van der Waals surface area contributed by atoms with Crippen LogP contribution in [-0.4, -0.2) is 15.2 Å². The van der Waals surface area contributed by atoms with E-state index in [0.717, 1.165) is 12.1 Å². The molecule has 31 heavy (non-hydrogen) atoms. The third-order valence-electron chi connectivity index (χ3n) is 4.77. The standard InChI is InChI=1S/C22H18F2N4O3/c1-27-18-11-17(26-21(29)25-16-9-8-13(23)10-15(16)24)20(12-19(18)28(2)22(27)30)31-14-6-4-3-5-7-14/h3-12H,1-2H3,(H2,25,26,29). The topological polar surface area (TPSA) is 77.3 Å². The van der Waals surface area contributed by atoms with E-state index in [-0.39, 0.29) is 22.8 Å². The van der Waals surface area contributed by atoms with Crippen molar-refractivity contribution in [2.24, 2.45) is 14.1 Å². The molecule has 0 saturated carbocycles. The van der Waals surface area contributed by atoms with Crippen LogP contribution in [-0.2, 0) is 14.1 Å². The summed E-state index contributed by atoms with van der Waals surface area (Å²) in [7, 11) is 3.24. The Bertz CT molecular complexity index is 1350. The first-order valence-corrected chi connectivity index (χ1v) is 9.29. The van der Waals surface area contributed by atoms with Crippen molar-refractivity contribution in [3.05, 3.63) is 82.8 Å². The molecule has 0 bridgehead atoms. The highest BCUT2D eigenvalue weighted by Gasteiger charge is 2.17. The summed E-state index contributed by atoms with van der Waals surface area (Å²) in [6, 6.07) is 14.2. The van der Waals surface area contributed by atoms with Crippen LogP contribution in [0, 0.1) is 11.6 Å². The van der Waals surface area contributed by atoms with Crippen LogP contribution in [0.25, 0.3) is 11.0 Å². The van der Waals surface area contributed by atoms with Crippen molar-refractivity contribution in [2.45, 2.75) is 0 Å². The number of anilines is 2. The summed E-state index contributed by atoms with van der Waals surface area (Å²) in [6.45, 7) is 0. The Morgan fingerprint density at radius 1 is 0.871 bits per heavy atom. The zero-order chi connectivity index (χ0) is 22.1. The van der Waals surface area contributed by atoms with Gasteiger partial charge in [0.2, 0.25) is 0 Å². The summed E-state index contributed by atoms with van der Waals surface area (Å²) < 4.78 is 35.8. The maximum absolute atomic E-state index is 13.9. The number of rotatable bonds is 4. The van der Waals surface area contributed by atoms with E-state index in [0.29, 0.717) is 22.8 Å². The molecule has 7 nitrogen and oxygen atoms in total. The number of nitrogens with one attached hydrogen (secondary N) is 2. The third kappa shape index (κ3) is 3.97. The van der Waals surface area contributed by atoms with Gasteiger partial charge in [-0.15, -0.1) is 0 Å². The summed E-state index contributed by atoms with van der Waals surface area (Å²) >= 11 is 0. The predicted molar refractivity (Wildman–Crippen MR) is 114 cm³/mol. The SMILES string of the molecule is Cn1c(=O)n(C)c2cc(Oc3ccccc3)c(NC(=O)Nc3ccc(F)cc3F)cc21. The first kappa shape index (κ1) is 20.1. The number of hydrogen-bond donors (Lipinski definition) is 2. The van der Waals surface area contributed by atoms with Crippen LogP contribution < -0.4 is 21.1 Å². The van der Waals surface area contributed by atoms with Crippen molar-refractivity contribution in [3.8, 4) is 11.5 Å². The van der Waals surface area contributed by atoms with E-state index in [4.69, 9.17) is 4.74 Å². The van der Waals surface area contributed by atoms with Crippen LogP contribution in [0.3, 0.4) is 0 Å². The van der Waals surface area contributed by atoms with Crippen molar-refractivity contribution >= 4 is 28.4 Å². The Hall–Kier alpha value is -4.14. The molecule has 0 saturated heterocycles. The number of carbonyl (C=O) groups is 1. The fourth-order valence-electron chi connectivity index (χ4n) is 3.19. The second-order valence-corrected chi connectivity index (χ2v) is 6.86. The second kappa shape index (κ2) is 7.94. The molecule has 0 unspecified atom stereocenters. The zero-order valence-corrected chi connectivity index (χ0v) is 16.6.